The fourth-order valence-electron chi connectivity index (χ4n) is 1.58. The second-order valence-corrected chi connectivity index (χ2v) is 3.33. The summed E-state index contributed by atoms with van der Waals surface area (Å²) in [6, 6.07) is 4.46. The van der Waals surface area contributed by atoms with Crippen LogP contribution in [-0.2, 0) is 6.42 Å². The van der Waals surface area contributed by atoms with Gasteiger partial charge >= 0.3 is 0 Å². The quantitative estimate of drug-likeness (QED) is 0.570. The van der Waals surface area contributed by atoms with Gasteiger partial charge in [-0.3, -0.25) is 0 Å². The lowest BCUT2D eigenvalue weighted by atomic mass is 9.99. The minimum absolute atomic E-state index is 1.10. The fraction of sp³-hybridized carbons (Fsp3) is 0.385. The van der Waals surface area contributed by atoms with Gasteiger partial charge in [0.25, 0.3) is 0 Å². The van der Waals surface area contributed by atoms with E-state index in [1.54, 1.807) is 0 Å². The molecule has 68 valence electrons. The third-order valence-corrected chi connectivity index (χ3v) is 2.25. The molecule has 0 radical (unpaired) electrons. The lowest BCUT2D eigenvalue weighted by Gasteiger charge is -2.06. The summed E-state index contributed by atoms with van der Waals surface area (Å²) in [5.74, 6) is 6.10. The molecule has 0 fully saturated rings. The summed E-state index contributed by atoms with van der Waals surface area (Å²) in [6.07, 6.45) is 1.10. The fourth-order valence-corrected chi connectivity index (χ4v) is 1.58. The minimum atomic E-state index is 1.10. The first-order valence-electron chi connectivity index (χ1n) is 4.72. The van der Waals surface area contributed by atoms with Gasteiger partial charge in [-0.05, 0) is 43.9 Å². The van der Waals surface area contributed by atoms with Crippen LogP contribution in [0.25, 0.3) is 0 Å². The summed E-state index contributed by atoms with van der Waals surface area (Å²) in [7, 11) is 0. The van der Waals surface area contributed by atoms with E-state index in [1.165, 1.54) is 22.3 Å². The maximum Gasteiger partial charge on any atom is 0.0303 e. The molecule has 0 heteroatoms. The average molecular weight is 172 g/mol. The Kier molecular flexibility index (Phi) is 3.14. The Bertz CT molecular complexity index is 338. The van der Waals surface area contributed by atoms with Crippen molar-refractivity contribution in [2.75, 3.05) is 0 Å². The van der Waals surface area contributed by atoms with Crippen molar-refractivity contribution in [3.63, 3.8) is 0 Å². The van der Waals surface area contributed by atoms with Crippen LogP contribution < -0.4 is 0 Å². The SMILES string of the molecule is CC#Cc1c(C)cc(CC)cc1C. The van der Waals surface area contributed by atoms with Crippen molar-refractivity contribution in [2.24, 2.45) is 0 Å². The first-order valence-corrected chi connectivity index (χ1v) is 4.72. The number of rotatable bonds is 1. The molecule has 0 aliphatic rings. The third-order valence-electron chi connectivity index (χ3n) is 2.25. The zero-order valence-electron chi connectivity index (χ0n) is 8.86. The van der Waals surface area contributed by atoms with Gasteiger partial charge in [-0.2, -0.15) is 0 Å². The Labute approximate surface area is 81.0 Å². The lowest BCUT2D eigenvalue weighted by molar-refractivity contribution is 1.12. The molecule has 1 aromatic carbocycles. The smallest absolute Gasteiger partial charge is 0.0303 e. The second-order valence-electron chi connectivity index (χ2n) is 3.33. The summed E-state index contributed by atoms with van der Waals surface area (Å²) in [5, 5.41) is 0. The predicted octanol–water partition coefficient (Wildman–Crippen LogP) is 3.24. The van der Waals surface area contributed by atoms with E-state index in [0.717, 1.165) is 6.42 Å². The number of aryl methyl sites for hydroxylation is 3. The van der Waals surface area contributed by atoms with Gasteiger partial charge in [0.05, 0.1) is 0 Å². The second kappa shape index (κ2) is 4.14. The monoisotopic (exact) mass is 172 g/mol. The van der Waals surface area contributed by atoms with E-state index in [1.807, 2.05) is 6.92 Å². The standard InChI is InChI=1S/C13H16/c1-5-7-13-10(3)8-12(6-2)9-11(13)4/h8-9H,6H2,1-4H3. The summed E-state index contributed by atoms with van der Waals surface area (Å²) in [4.78, 5) is 0. The van der Waals surface area contributed by atoms with E-state index >= 15 is 0 Å². The molecule has 0 aliphatic carbocycles. The molecule has 0 aromatic heterocycles. The van der Waals surface area contributed by atoms with E-state index in [9.17, 15) is 0 Å². The van der Waals surface area contributed by atoms with Gasteiger partial charge in [0, 0.05) is 5.56 Å². The third kappa shape index (κ3) is 2.12. The van der Waals surface area contributed by atoms with E-state index < -0.39 is 0 Å². The van der Waals surface area contributed by atoms with Gasteiger partial charge in [-0.15, -0.1) is 5.92 Å². The first kappa shape index (κ1) is 9.86. The van der Waals surface area contributed by atoms with Gasteiger partial charge in [-0.25, -0.2) is 0 Å². The number of hydrogen-bond donors (Lipinski definition) is 0. The molecule has 0 heterocycles. The van der Waals surface area contributed by atoms with E-state index in [0.29, 0.717) is 0 Å². The molecule has 0 aliphatic heterocycles. The lowest BCUT2D eigenvalue weighted by Crippen LogP contribution is -1.91. The molecule has 0 amide bonds. The maximum absolute atomic E-state index is 3.15. The molecular weight excluding hydrogens is 156 g/mol. The van der Waals surface area contributed by atoms with E-state index in [-0.39, 0.29) is 0 Å². The van der Waals surface area contributed by atoms with Crippen LogP contribution in [0.1, 0.15) is 36.1 Å². The molecule has 1 aromatic rings. The van der Waals surface area contributed by atoms with Crippen molar-refractivity contribution < 1.29 is 0 Å². The van der Waals surface area contributed by atoms with Crippen molar-refractivity contribution >= 4 is 0 Å². The minimum Gasteiger partial charge on any atom is -0.101 e. The van der Waals surface area contributed by atoms with Crippen molar-refractivity contribution in [1.29, 1.82) is 0 Å². The topological polar surface area (TPSA) is 0 Å². The van der Waals surface area contributed by atoms with Crippen LogP contribution in [-0.4, -0.2) is 0 Å². The van der Waals surface area contributed by atoms with Crippen LogP contribution in [0.3, 0.4) is 0 Å². The summed E-state index contributed by atoms with van der Waals surface area (Å²) >= 11 is 0. The Morgan fingerprint density at radius 3 is 2.08 bits per heavy atom. The van der Waals surface area contributed by atoms with Gasteiger partial charge in [-0.1, -0.05) is 25.0 Å². The average Bonchev–Trinajstić information content (AvgIpc) is 2.11. The highest BCUT2D eigenvalue weighted by molar-refractivity contribution is 5.48. The molecule has 0 unspecified atom stereocenters. The van der Waals surface area contributed by atoms with Gasteiger partial charge < -0.3 is 0 Å². The molecule has 0 spiro atoms. The first-order chi connectivity index (χ1) is 6.19. The highest BCUT2D eigenvalue weighted by Crippen LogP contribution is 2.15. The van der Waals surface area contributed by atoms with Crippen LogP contribution in [0.2, 0.25) is 0 Å². The normalized spacial score (nSPS) is 9.23. The number of benzene rings is 1. The molecule has 0 nitrogen and oxygen atoms in total. The number of hydrogen-bond acceptors (Lipinski definition) is 0. The van der Waals surface area contributed by atoms with E-state index in [2.05, 4.69) is 44.7 Å². The van der Waals surface area contributed by atoms with Crippen LogP contribution in [0.15, 0.2) is 12.1 Å². The molecular formula is C13H16. The molecule has 1 rings (SSSR count). The maximum atomic E-state index is 3.15. The van der Waals surface area contributed by atoms with Crippen molar-refractivity contribution in [3.8, 4) is 11.8 Å². The highest BCUT2D eigenvalue weighted by atomic mass is 14.0. The molecule has 0 atom stereocenters. The summed E-state index contributed by atoms with van der Waals surface area (Å²) in [5.41, 5.74) is 5.19. The predicted molar refractivity (Wildman–Crippen MR) is 57.8 cm³/mol. The Hall–Kier alpha value is -1.22. The molecule has 0 saturated carbocycles. The zero-order chi connectivity index (χ0) is 9.84. The van der Waals surface area contributed by atoms with E-state index in [4.69, 9.17) is 0 Å². The van der Waals surface area contributed by atoms with Crippen LogP contribution in [0.5, 0.6) is 0 Å². The largest absolute Gasteiger partial charge is 0.101 e. The zero-order valence-corrected chi connectivity index (χ0v) is 8.86. The van der Waals surface area contributed by atoms with Crippen molar-refractivity contribution in [1.82, 2.24) is 0 Å². The van der Waals surface area contributed by atoms with Crippen LogP contribution in [0.4, 0.5) is 0 Å². The summed E-state index contributed by atoms with van der Waals surface area (Å²) < 4.78 is 0. The Morgan fingerprint density at radius 1 is 1.15 bits per heavy atom. The molecule has 0 N–H and O–H groups in total. The highest BCUT2D eigenvalue weighted by Gasteiger charge is 2.00. The Morgan fingerprint density at radius 2 is 1.69 bits per heavy atom. The van der Waals surface area contributed by atoms with Gasteiger partial charge in [0.1, 0.15) is 0 Å². The van der Waals surface area contributed by atoms with Crippen LogP contribution in [0, 0.1) is 25.7 Å². The van der Waals surface area contributed by atoms with Gasteiger partial charge in [0.15, 0.2) is 0 Å². The van der Waals surface area contributed by atoms with Crippen molar-refractivity contribution in [2.45, 2.75) is 34.1 Å². The molecule has 0 saturated heterocycles. The summed E-state index contributed by atoms with van der Waals surface area (Å²) in [6.45, 7) is 8.32. The van der Waals surface area contributed by atoms with Crippen LogP contribution >= 0.6 is 0 Å². The molecule has 13 heavy (non-hydrogen) atoms. The van der Waals surface area contributed by atoms with Gasteiger partial charge in [0.2, 0.25) is 0 Å². The Balaban J connectivity index is 3.28. The molecule has 0 bridgehead atoms. The van der Waals surface area contributed by atoms with Crippen molar-refractivity contribution in [3.05, 3.63) is 34.4 Å².